The second kappa shape index (κ2) is 7.31. The highest BCUT2D eigenvalue weighted by atomic mass is 32.2. The van der Waals surface area contributed by atoms with E-state index in [1.165, 1.54) is 4.90 Å². The fourth-order valence-electron chi connectivity index (χ4n) is 3.45. The predicted octanol–water partition coefficient (Wildman–Crippen LogP) is 3.84. The molecule has 0 aliphatic carbocycles. The number of carbonyl (C=O) groups excluding carboxylic acids is 2. The van der Waals surface area contributed by atoms with Crippen LogP contribution in [-0.2, 0) is 0 Å². The van der Waals surface area contributed by atoms with Gasteiger partial charge < -0.3 is 9.21 Å². The molecule has 0 bridgehead atoms. The fraction of sp³-hybridized carbons (Fsp3) is 0.286. The molecule has 1 aliphatic heterocycles. The molecular formula is C21H22N4O2S. The van der Waals surface area contributed by atoms with Crippen molar-refractivity contribution >= 4 is 40.4 Å². The van der Waals surface area contributed by atoms with Crippen LogP contribution in [0.2, 0.25) is 0 Å². The Labute approximate surface area is 168 Å². The summed E-state index contributed by atoms with van der Waals surface area (Å²) in [6, 6.07) is 9.62. The molecule has 3 aromatic rings. The SMILES string of the molecule is Cc1ccc2c(C(=O)C3CSN(c4cccnc4)C3)cn(C(=O)N(C)C)c2c1. The monoisotopic (exact) mass is 394 g/mol. The van der Waals surface area contributed by atoms with Crippen molar-refractivity contribution in [1.82, 2.24) is 14.5 Å². The minimum absolute atomic E-state index is 0.0815. The van der Waals surface area contributed by atoms with Crippen molar-refractivity contribution in [3.63, 3.8) is 0 Å². The Morgan fingerprint density at radius 1 is 1.25 bits per heavy atom. The largest absolute Gasteiger partial charge is 0.330 e. The van der Waals surface area contributed by atoms with Crippen LogP contribution in [0.3, 0.4) is 0 Å². The molecule has 0 N–H and O–H groups in total. The topological polar surface area (TPSA) is 58.4 Å². The Morgan fingerprint density at radius 3 is 2.79 bits per heavy atom. The van der Waals surface area contributed by atoms with Crippen LogP contribution in [-0.4, -0.2) is 52.7 Å². The van der Waals surface area contributed by atoms with Crippen LogP contribution in [0.4, 0.5) is 10.5 Å². The van der Waals surface area contributed by atoms with Crippen LogP contribution >= 0.6 is 11.9 Å². The molecule has 1 unspecified atom stereocenters. The van der Waals surface area contributed by atoms with Gasteiger partial charge in [0.1, 0.15) is 0 Å². The first-order valence-corrected chi connectivity index (χ1v) is 10.1. The first kappa shape index (κ1) is 18.6. The number of anilines is 1. The number of amides is 1. The zero-order chi connectivity index (χ0) is 19.8. The van der Waals surface area contributed by atoms with Gasteiger partial charge in [-0.15, -0.1) is 0 Å². The van der Waals surface area contributed by atoms with Crippen molar-refractivity contribution in [2.45, 2.75) is 6.92 Å². The van der Waals surface area contributed by atoms with Crippen LogP contribution in [0.25, 0.3) is 10.9 Å². The third-order valence-corrected chi connectivity index (χ3v) is 6.16. The Kier molecular flexibility index (Phi) is 4.85. The standard InChI is InChI=1S/C21H22N4O2S/c1-14-6-7-17-18(12-24(19(17)9-14)21(27)23(2)3)20(26)15-11-25(28-13-15)16-5-4-8-22-10-16/h4-10,12,15H,11,13H2,1-3H3. The summed E-state index contributed by atoms with van der Waals surface area (Å²) in [6.45, 7) is 2.62. The molecule has 144 valence electrons. The number of fused-ring (bicyclic) bond motifs is 1. The second-order valence-corrected chi connectivity index (χ2v) is 8.27. The van der Waals surface area contributed by atoms with Gasteiger partial charge in [0.25, 0.3) is 0 Å². The van der Waals surface area contributed by atoms with Gasteiger partial charge in [0.05, 0.1) is 23.3 Å². The van der Waals surface area contributed by atoms with Gasteiger partial charge >= 0.3 is 6.03 Å². The number of nitrogens with zero attached hydrogens (tertiary/aromatic N) is 4. The van der Waals surface area contributed by atoms with Crippen molar-refractivity contribution in [3.8, 4) is 0 Å². The van der Waals surface area contributed by atoms with Gasteiger partial charge in [0.2, 0.25) is 0 Å². The number of ketones is 1. The number of aryl methyl sites for hydroxylation is 1. The van der Waals surface area contributed by atoms with E-state index in [9.17, 15) is 9.59 Å². The number of pyridine rings is 1. The molecule has 6 nitrogen and oxygen atoms in total. The first-order chi connectivity index (χ1) is 13.5. The maximum atomic E-state index is 13.3. The fourth-order valence-corrected chi connectivity index (χ4v) is 4.61. The number of hydrogen-bond acceptors (Lipinski definition) is 5. The van der Waals surface area contributed by atoms with Gasteiger partial charge in [-0.1, -0.05) is 12.1 Å². The summed E-state index contributed by atoms with van der Waals surface area (Å²) in [5.74, 6) is 0.673. The maximum Gasteiger partial charge on any atom is 0.328 e. The molecule has 0 radical (unpaired) electrons. The van der Waals surface area contributed by atoms with Crippen LogP contribution in [0.15, 0.2) is 48.9 Å². The molecule has 7 heteroatoms. The van der Waals surface area contributed by atoms with Gasteiger partial charge in [-0.05, 0) is 42.6 Å². The zero-order valence-electron chi connectivity index (χ0n) is 16.1. The molecule has 2 aromatic heterocycles. The predicted molar refractivity (Wildman–Crippen MR) is 113 cm³/mol. The van der Waals surface area contributed by atoms with Gasteiger partial charge in [0, 0.05) is 49.7 Å². The number of carbonyl (C=O) groups is 2. The molecule has 1 saturated heterocycles. The third-order valence-electron chi connectivity index (χ3n) is 4.94. The second-order valence-electron chi connectivity index (χ2n) is 7.24. The Hall–Kier alpha value is -2.80. The highest BCUT2D eigenvalue weighted by Gasteiger charge is 2.32. The summed E-state index contributed by atoms with van der Waals surface area (Å²) < 4.78 is 3.69. The van der Waals surface area contributed by atoms with E-state index in [0.29, 0.717) is 17.9 Å². The van der Waals surface area contributed by atoms with Crippen LogP contribution in [0.5, 0.6) is 0 Å². The molecular weight excluding hydrogens is 372 g/mol. The highest BCUT2D eigenvalue weighted by molar-refractivity contribution is 8.00. The normalized spacial score (nSPS) is 16.5. The summed E-state index contributed by atoms with van der Waals surface area (Å²) in [5.41, 5.74) is 3.45. The van der Waals surface area contributed by atoms with Crippen LogP contribution in [0, 0.1) is 12.8 Å². The average Bonchev–Trinajstić information content (AvgIpc) is 3.32. The van der Waals surface area contributed by atoms with E-state index in [0.717, 1.165) is 22.2 Å². The van der Waals surface area contributed by atoms with Crippen LogP contribution < -0.4 is 4.31 Å². The van der Waals surface area contributed by atoms with Crippen molar-refractivity contribution in [2.24, 2.45) is 5.92 Å². The number of benzene rings is 1. The van der Waals surface area contributed by atoms with Gasteiger partial charge in [-0.25, -0.2) is 4.79 Å². The van der Waals surface area contributed by atoms with E-state index >= 15 is 0 Å². The lowest BCUT2D eigenvalue weighted by atomic mass is 9.98. The summed E-state index contributed by atoms with van der Waals surface area (Å²) in [4.78, 5) is 31.6. The first-order valence-electron chi connectivity index (χ1n) is 9.14. The van der Waals surface area contributed by atoms with E-state index < -0.39 is 0 Å². The van der Waals surface area contributed by atoms with Crippen LogP contribution in [0.1, 0.15) is 15.9 Å². The number of rotatable bonds is 3. The molecule has 3 heterocycles. The van der Waals surface area contributed by atoms with Crippen molar-refractivity contribution in [2.75, 3.05) is 30.7 Å². The number of Topliss-reactive ketones (excluding diaryl/α,β-unsaturated/α-hetero) is 1. The molecule has 28 heavy (non-hydrogen) atoms. The average molecular weight is 395 g/mol. The van der Waals surface area contributed by atoms with E-state index in [1.807, 2.05) is 43.5 Å². The summed E-state index contributed by atoms with van der Waals surface area (Å²) >= 11 is 1.64. The molecule has 1 atom stereocenters. The zero-order valence-corrected chi connectivity index (χ0v) is 16.9. The summed E-state index contributed by atoms with van der Waals surface area (Å²) in [6.07, 6.45) is 5.25. The lowest BCUT2D eigenvalue weighted by molar-refractivity contribution is 0.0942. The molecule has 1 fully saturated rings. The molecule has 1 amide bonds. The van der Waals surface area contributed by atoms with E-state index in [1.54, 1.807) is 43.0 Å². The Balaban J connectivity index is 1.67. The van der Waals surface area contributed by atoms with Crippen molar-refractivity contribution in [3.05, 3.63) is 60.0 Å². The smallest absolute Gasteiger partial charge is 0.328 e. The molecule has 1 aliphatic rings. The lowest BCUT2D eigenvalue weighted by Crippen LogP contribution is -2.26. The van der Waals surface area contributed by atoms with Crippen molar-refractivity contribution in [1.29, 1.82) is 0 Å². The summed E-state index contributed by atoms with van der Waals surface area (Å²) in [5, 5.41) is 0.829. The van der Waals surface area contributed by atoms with E-state index in [4.69, 9.17) is 0 Å². The quantitative estimate of drug-likeness (QED) is 0.499. The highest BCUT2D eigenvalue weighted by Crippen LogP contribution is 2.34. The lowest BCUT2D eigenvalue weighted by Gasteiger charge is -2.15. The van der Waals surface area contributed by atoms with Crippen molar-refractivity contribution < 1.29 is 9.59 Å². The number of hydrogen-bond donors (Lipinski definition) is 0. The molecule has 1 aromatic carbocycles. The molecule has 0 saturated carbocycles. The van der Waals surface area contributed by atoms with E-state index in [2.05, 4.69) is 9.29 Å². The van der Waals surface area contributed by atoms with Gasteiger partial charge in [-0.3, -0.25) is 14.3 Å². The summed E-state index contributed by atoms with van der Waals surface area (Å²) in [7, 11) is 3.43. The Morgan fingerprint density at radius 2 is 2.07 bits per heavy atom. The number of aromatic nitrogens is 2. The van der Waals surface area contributed by atoms with E-state index in [-0.39, 0.29) is 17.7 Å². The maximum absolute atomic E-state index is 13.3. The molecule has 0 spiro atoms. The molecule has 4 rings (SSSR count). The minimum Gasteiger partial charge on any atom is -0.330 e. The minimum atomic E-state index is -0.160. The van der Waals surface area contributed by atoms with Gasteiger partial charge in [-0.2, -0.15) is 0 Å². The third kappa shape index (κ3) is 3.26. The Bertz CT molecular complexity index is 1050. The van der Waals surface area contributed by atoms with Gasteiger partial charge in [0.15, 0.2) is 5.78 Å².